The van der Waals surface area contributed by atoms with Crippen LogP contribution < -0.4 is 4.72 Å². The third-order valence-corrected chi connectivity index (χ3v) is 8.00. The summed E-state index contributed by atoms with van der Waals surface area (Å²) in [6.45, 7) is 1.88. The highest BCUT2D eigenvalue weighted by atomic mass is 32.2. The number of methoxy groups -OCH3 is 1. The first kappa shape index (κ1) is 25.5. The van der Waals surface area contributed by atoms with E-state index in [0.29, 0.717) is 10.6 Å². The second kappa shape index (κ2) is 11.4. The first-order valence-corrected chi connectivity index (χ1v) is 13.6. The van der Waals surface area contributed by atoms with Gasteiger partial charge in [-0.25, -0.2) is 17.9 Å². The van der Waals surface area contributed by atoms with Gasteiger partial charge in [-0.3, -0.25) is 4.99 Å². The lowest BCUT2D eigenvalue weighted by Gasteiger charge is -2.24. The van der Waals surface area contributed by atoms with Gasteiger partial charge in [0.1, 0.15) is 0 Å². The van der Waals surface area contributed by atoms with E-state index in [1.807, 2.05) is 73.0 Å². The molecule has 0 aliphatic heterocycles. The van der Waals surface area contributed by atoms with Crippen molar-refractivity contribution < 1.29 is 17.9 Å². The number of esters is 1. The number of carbonyl (C=O) groups excluding carboxylic acids is 1. The van der Waals surface area contributed by atoms with Crippen LogP contribution in [0.1, 0.15) is 27.6 Å². The maximum absolute atomic E-state index is 13.4. The Bertz CT molecular complexity index is 1380. The summed E-state index contributed by atoms with van der Waals surface area (Å²) in [5.74, 6) is -0.649. The Morgan fingerprint density at radius 1 is 0.861 bits per heavy atom. The van der Waals surface area contributed by atoms with Gasteiger partial charge in [0.2, 0.25) is 10.0 Å². The van der Waals surface area contributed by atoms with Crippen molar-refractivity contribution in [1.29, 1.82) is 0 Å². The van der Waals surface area contributed by atoms with Crippen molar-refractivity contribution in [1.82, 2.24) is 4.72 Å². The zero-order chi connectivity index (χ0) is 25.5. The van der Waals surface area contributed by atoms with Crippen molar-refractivity contribution in [3.8, 4) is 0 Å². The Kier molecular flexibility index (Phi) is 8.10. The Balaban J connectivity index is 1.85. The van der Waals surface area contributed by atoms with E-state index >= 15 is 0 Å². The van der Waals surface area contributed by atoms with Crippen LogP contribution in [0, 0.1) is 6.92 Å². The SMILES string of the molecule is COC(=O)[C@@H](N=C(c1ccccc1)c1ccccc1)[C@@H](NS(=O)(=O)c1ccc(C)cc1)c1cccs1. The summed E-state index contributed by atoms with van der Waals surface area (Å²) >= 11 is 1.34. The number of aryl methyl sites for hydroxylation is 1. The predicted molar refractivity (Wildman–Crippen MR) is 143 cm³/mol. The molecule has 4 aromatic rings. The summed E-state index contributed by atoms with van der Waals surface area (Å²) in [5, 5.41) is 1.83. The van der Waals surface area contributed by atoms with Crippen LogP contribution in [0.25, 0.3) is 0 Å². The minimum atomic E-state index is -3.97. The number of aliphatic imine (C=N–C) groups is 1. The number of ether oxygens (including phenoxy) is 1. The lowest BCUT2D eigenvalue weighted by atomic mass is 10.0. The van der Waals surface area contributed by atoms with Gasteiger partial charge < -0.3 is 4.74 Å². The molecule has 0 aliphatic rings. The van der Waals surface area contributed by atoms with E-state index in [1.54, 1.807) is 36.4 Å². The highest BCUT2D eigenvalue weighted by molar-refractivity contribution is 7.89. The lowest BCUT2D eigenvalue weighted by Crippen LogP contribution is -2.40. The van der Waals surface area contributed by atoms with E-state index in [9.17, 15) is 13.2 Å². The molecule has 184 valence electrons. The van der Waals surface area contributed by atoms with Crippen LogP contribution in [-0.2, 0) is 19.6 Å². The number of hydrogen-bond donors (Lipinski definition) is 1. The van der Waals surface area contributed by atoms with Gasteiger partial charge in [0.15, 0.2) is 6.04 Å². The summed E-state index contributed by atoms with van der Waals surface area (Å²) in [7, 11) is -2.70. The number of sulfonamides is 1. The quantitative estimate of drug-likeness (QED) is 0.245. The van der Waals surface area contributed by atoms with Crippen LogP contribution in [0.3, 0.4) is 0 Å². The summed E-state index contributed by atoms with van der Waals surface area (Å²) in [4.78, 5) is 18.8. The summed E-state index contributed by atoms with van der Waals surface area (Å²) < 4.78 is 34.6. The van der Waals surface area contributed by atoms with Crippen molar-refractivity contribution >= 4 is 33.0 Å². The van der Waals surface area contributed by atoms with E-state index in [1.165, 1.54) is 18.4 Å². The fourth-order valence-electron chi connectivity index (χ4n) is 3.73. The third kappa shape index (κ3) is 5.96. The molecule has 0 saturated carbocycles. The number of nitrogens with one attached hydrogen (secondary N) is 1. The number of hydrogen-bond acceptors (Lipinski definition) is 6. The Morgan fingerprint density at radius 3 is 1.94 bits per heavy atom. The molecule has 0 spiro atoms. The molecule has 6 nitrogen and oxygen atoms in total. The molecule has 0 saturated heterocycles. The molecule has 0 unspecified atom stereocenters. The summed E-state index contributed by atoms with van der Waals surface area (Å²) in [5.41, 5.74) is 3.09. The van der Waals surface area contributed by atoms with Crippen LogP contribution in [-0.4, -0.2) is 33.3 Å². The molecule has 1 N–H and O–H groups in total. The molecule has 0 amide bonds. The summed E-state index contributed by atoms with van der Waals surface area (Å²) in [6.07, 6.45) is 0. The minimum absolute atomic E-state index is 0.105. The molecule has 4 rings (SSSR count). The summed E-state index contributed by atoms with van der Waals surface area (Å²) in [6, 6.07) is 26.9. The molecule has 1 heterocycles. The van der Waals surface area contributed by atoms with Crippen molar-refractivity contribution in [2.75, 3.05) is 7.11 Å². The molecule has 0 aliphatic carbocycles. The standard InChI is InChI=1S/C28H26N2O4S2/c1-20-15-17-23(18-16-20)36(32,33)30-26(24-14-9-19-35-24)27(28(31)34-2)29-25(21-10-5-3-6-11-21)22-12-7-4-8-13-22/h3-19,26-27,30H,1-2H3/t26-,27-/m0/s1. The topological polar surface area (TPSA) is 84.8 Å². The van der Waals surface area contributed by atoms with Gasteiger partial charge in [-0.15, -0.1) is 11.3 Å². The molecule has 0 fully saturated rings. The number of benzene rings is 3. The van der Waals surface area contributed by atoms with Gasteiger partial charge in [-0.2, -0.15) is 0 Å². The fraction of sp³-hybridized carbons (Fsp3) is 0.143. The zero-order valence-electron chi connectivity index (χ0n) is 19.9. The maximum atomic E-state index is 13.4. The molecular formula is C28H26N2O4S2. The molecule has 1 aromatic heterocycles. The minimum Gasteiger partial charge on any atom is -0.467 e. The Hall–Kier alpha value is -3.59. The van der Waals surface area contributed by atoms with Crippen LogP contribution in [0.5, 0.6) is 0 Å². The molecule has 3 aromatic carbocycles. The number of thiophene rings is 1. The van der Waals surface area contributed by atoms with E-state index in [4.69, 9.17) is 9.73 Å². The van der Waals surface area contributed by atoms with Gasteiger partial charge in [-0.05, 0) is 30.5 Å². The molecule has 0 radical (unpaired) electrons. The van der Waals surface area contributed by atoms with E-state index in [-0.39, 0.29) is 4.90 Å². The molecule has 36 heavy (non-hydrogen) atoms. The molecular weight excluding hydrogens is 492 g/mol. The van der Waals surface area contributed by atoms with Gasteiger partial charge in [-0.1, -0.05) is 84.4 Å². The van der Waals surface area contributed by atoms with Crippen LogP contribution >= 0.6 is 11.3 Å². The smallest absolute Gasteiger partial charge is 0.332 e. The van der Waals surface area contributed by atoms with Crippen LogP contribution in [0.4, 0.5) is 0 Å². The highest BCUT2D eigenvalue weighted by Gasteiger charge is 2.35. The average Bonchev–Trinajstić information content (AvgIpc) is 3.44. The van der Waals surface area contributed by atoms with Gasteiger partial charge in [0.05, 0.1) is 23.8 Å². The van der Waals surface area contributed by atoms with Crippen molar-refractivity contribution in [2.45, 2.75) is 23.9 Å². The number of rotatable bonds is 9. The van der Waals surface area contributed by atoms with Crippen molar-refractivity contribution in [2.24, 2.45) is 4.99 Å². The maximum Gasteiger partial charge on any atom is 0.332 e. The molecule has 0 bridgehead atoms. The number of nitrogens with zero attached hydrogens (tertiary/aromatic N) is 1. The predicted octanol–water partition coefficient (Wildman–Crippen LogP) is 5.16. The monoisotopic (exact) mass is 518 g/mol. The Labute approximate surface area is 215 Å². The lowest BCUT2D eigenvalue weighted by molar-refractivity contribution is -0.142. The Morgan fingerprint density at radius 2 is 1.44 bits per heavy atom. The number of carbonyl (C=O) groups is 1. The second-order valence-corrected chi connectivity index (χ2v) is 10.8. The molecule has 2 atom stereocenters. The van der Waals surface area contributed by atoms with Gasteiger partial charge >= 0.3 is 5.97 Å². The van der Waals surface area contributed by atoms with Crippen LogP contribution in [0.2, 0.25) is 0 Å². The van der Waals surface area contributed by atoms with Gasteiger partial charge in [0.25, 0.3) is 0 Å². The molecule has 8 heteroatoms. The van der Waals surface area contributed by atoms with Crippen molar-refractivity contribution in [3.63, 3.8) is 0 Å². The third-order valence-electron chi connectivity index (χ3n) is 5.58. The van der Waals surface area contributed by atoms with Crippen molar-refractivity contribution in [3.05, 3.63) is 124 Å². The zero-order valence-corrected chi connectivity index (χ0v) is 21.5. The highest BCUT2D eigenvalue weighted by Crippen LogP contribution is 2.28. The second-order valence-electron chi connectivity index (χ2n) is 8.11. The first-order valence-electron chi connectivity index (χ1n) is 11.3. The van der Waals surface area contributed by atoms with Crippen LogP contribution in [0.15, 0.2) is 112 Å². The van der Waals surface area contributed by atoms with Gasteiger partial charge in [0, 0.05) is 16.0 Å². The first-order chi connectivity index (χ1) is 17.4. The van der Waals surface area contributed by atoms with E-state index in [2.05, 4.69) is 4.72 Å². The average molecular weight is 519 g/mol. The fourth-order valence-corrected chi connectivity index (χ4v) is 5.83. The normalized spacial score (nSPS) is 12.9. The van der Waals surface area contributed by atoms with E-state index in [0.717, 1.165) is 16.7 Å². The largest absolute Gasteiger partial charge is 0.467 e. The van der Waals surface area contributed by atoms with E-state index < -0.39 is 28.1 Å².